The molecule has 6 nitrogen and oxygen atoms in total. The summed E-state index contributed by atoms with van der Waals surface area (Å²) in [5.41, 5.74) is 6.93. The van der Waals surface area contributed by atoms with E-state index in [9.17, 15) is 8.42 Å². The Hall–Kier alpha value is -0.870. The molecular weight excluding hydrogens is 415 g/mol. The third-order valence-corrected chi connectivity index (χ3v) is 4.53. The van der Waals surface area contributed by atoms with Gasteiger partial charge in [0.1, 0.15) is 0 Å². The second-order valence-corrected chi connectivity index (χ2v) is 6.83. The molecule has 4 N–H and O–H groups in total. The molecule has 0 bridgehead atoms. The third kappa shape index (κ3) is 5.73. The van der Waals surface area contributed by atoms with Gasteiger partial charge in [0.05, 0.1) is 11.4 Å². The molecule has 0 radical (unpaired) electrons. The zero-order chi connectivity index (χ0) is 15.3. The summed E-state index contributed by atoms with van der Waals surface area (Å²) in [5.74, 6) is 0.562. The van der Waals surface area contributed by atoms with E-state index in [1.165, 1.54) is 25.0 Å². The van der Waals surface area contributed by atoms with Crippen molar-refractivity contribution in [2.75, 3.05) is 13.1 Å². The number of primary sulfonamides is 1. The van der Waals surface area contributed by atoms with Gasteiger partial charge in [-0.1, -0.05) is 25.0 Å². The van der Waals surface area contributed by atoms with Crippen molar-refractivity contribution in [1.29, 1.82) is 0 Å². The number of sulfonamides is 1. The monoisotopic (exact) mass is 438 g/mol. The van der Waals surface area contributed by atoms with Crippen LogP contribution in [0.25, 0.3) is 0 Å². The van der Waals surface area contributed by atoms with Crippen molar-refractivity contribution in [3.63, 3.8) is 0 Å². The summed E-state index contributed by atoms with van der Waals surface area (Å²) in [4.78, 5) is 6.62. The number of benzene rings is 1. The van der Waals surface area contributed by atoms with Gasteiger partial charge in [0.2, 0.25) is 10.0 Å². The van der Waals surface area contributed by atoms with E-state index >= 15 is 0 Å². The Bertz CT molecular complexity index is 594. The van der Waals surface area contributed by atoms with Crippen molar-refractivity contribution in [1.82, 2.24) is 4.90 Å². The zero-order valence-electron chi connectivity index (χ0n) is 12.4. The van der Waals surface area contributed by atoms with Gasteiger partial charge in [0, 0.05) is 13.1 Å². The highest BCUT2D eigenvalue weighted by Crippen LogP contribution is 2.11. The van der Waals surface area contributed by atoms with Crippen molar-refractivity contribution >= 4 is 40.0 Å². The molecule has 1 aliphatic heterocycles. The van der Waals surface area contributed by atoms with Gasteiger partial charge in [-0.15, -0.1) is 24.0 Å². The van der Waals surface area contributed by atoms with Crippen LogP contribution >= 0.6 is 24.0 Å². The number of nitrogens with zero attached hydrogens (tertiary/aromatic N) is 2. The number of guanidine groups is 1. The van der Waals surface area contributed by atoms with Crippen molar-refractivity contribution in [2.24, 2.45) is 15.9 Å². The first-order chi connectivity index (χ1) is 9.97. The van der Waals surface area contributed by atoms with Gasteiger partial charge in [-0.3, -0.25) is 0 Å². The van der Waals surface area contributed by atoms with Crippen molar-refractivity contribution in [3.8, 4) is 0 Å². The summed E-state index contributed by atoms with van der Waals surface area (Å²) in [6.07, 6.45) is 4.80. The van der Waals surface area contributed by atoms with E-state index in [1.54, 1.807) is 12.1 Å². The molecule has 0 unspecified atom stereocenters. The minimum Gasteiger partial charge on any atom is -0.370 e. The summed E-state index contributed by atoms with van der Waals surface area (Å²) >= 11 is 0. The van der Waals surface area contributed by atoms with E-state index in [4.69, 9.17) is 10.9 Å². The van der Waals surface area contributed by atoms with Crippen LogP contribution in [0.2, 0.25) is 0 Å². The molecule has 0 aliphatic carbocycles. The first-order valence-corrected chi connectivity index (χ1v) is 8.68. The van der Waals surface area contributed by atoms with Crippen molar-refractivity contribution in [2.45, 2.75) is 37.1 Å². The highest BCUT2D eigenvalue weighted by molar-refractivity contribution is 14.0. The Morgan fingerprint density at radius 2 is 1.64 bits per heavy atom. The summed E-state index contributed by atoms with van der Waals surface area (Å²) < 4.78 is 22.3. The molecule has 1 aromatic carbocycles. The highest BCUT2D eigenvalue weighted by atomic mass is 127. The predicted molar refractivity (Wildman–Crippen MR) is 98.6 cm³/mol. The fourth-order valence-electron chi connectivity index (χ4n) is 2.36. The van der Waals surface area contributed by atoms with Crippen LogP contribution in [0.5, 0.6) is 0 Å². The number of nitrogens with two attached hydrogens (primary N) is 2. The number of aliphatic imine (C=N–C) groups is 1. The molecule has 1 aromatic rings. The molecule has 124 valence electrons. The summed E-state index contributed by atoms with van der Waals surface area (Å²) in [7, 11) is -3.64. The molecule has 0 saturated carbocycles. The molecule has 22 heavy (non-hydrogen) atoms. The van der Waals surface area contributed by atoms with Gasteiger partial charge in [-0.25, -0.2) is 18.5 Å². The van der Waals surface area contributed by atoms with Crippen LogP contribution in [-0.2, 0) is 16.6 Å². The Morgan fingerprint density at radius 3 is 2.14 bits per heavy atom. The minimum absolute atomic E-state index is 0. The topological polar surface area (TPSA) is 102 Å². The lowest BCUT2D eigenvalue weighted by atomic mass is 10.2. The van der Waals surface area contributed by atoms with Gasteiger partial charge in [0.25, 0.3) is 0 Å². The van der Waals surface area contributed by atoms with E-state index in [2.05, 4.69) is 9.89 Å². The van der Waals surface area contributed by atoms with E-state index in [0.29, 0.717) is 12.5 Å². The molecule has 1 aliphatic rings. The predicted octanol–water partition coefficient (Wildman–Crippen LogP) is 1.64. The lowest BCUT2D eigenvalue weighted by molar-refractivity contribution is 0.428. The first kappa shape index (κ1) is 19.2. The largest absolute Gasteiger partial charge is 0.370 e. The molecule has 1 fully saturated rings. The Balaban J connectivity index is 0.00000242. The number of likely N-dealkylation sites (tertiary alicyclic amines) is 1. The standard InChI is InChI=1S/C14H22N4O2S.HI/c15-14(18-9-3-1-2-4-10-18)17-11-12-5-7-13(8-6-12)21(16,19)20;/h5-8H,1-4,9-11H2,(H2,15,17)(H2,16,19,20);1H. The molecule has 1 saturated heterocycles. The second kappa shape index (κ2) is 8.68. The number of hydrogen-bond acceptors (Lipinski definition) is 3. The van der Waals surface area contributed by atoms with Crippen LogP contribution < -0.4 is 10.9 Å². The zero-order valence-corrected chi connectivity index (χ0v) is 15.6. The fraction of sp³-hybridized carbons (Fsp3) is 0.500. The molecule has 0 aromatic heterocycles. The van der Waals surface area contributed by atoms with Crippen LogP contribution in [0.1, 0.15) is 31.2 Å². The molecule has 1 heterocycles. The lowest BCUT2D eigenvalue weighted by Gasteiger charge is -2.21. The van der Waals surface area contributed by atoms with E-state index in [-0.39, 0.29) is 28.9 Å². The van der Waals surface area contributed by atoms with Gasteiger partial charge >= 0.3 is 0 Å². The third-order valence-electron chi connectivity index (χ3n) is 3.61. The Kier molecular flexibility index (Phi) is 7.57. The molecule has 0 spiro atoms. The Labute approximate surface area is 149 Å². The summed E-state index contributed by atoms with van der Waals surface area (Å²) in [5, 5.41) is 5.06. The van der Waals surface area contributed by atoms with E-state index in [1.807, 2.05) is 0 Å². The molecule has 2 rings (SSSR count). The van der Waals surface area contributed by atoms with Crippen LogP contribution in [-0.4, -0.2) is 32.4 Å². The highest BCUT2D eigenvalue weighted by Gasteiger charge is 2.11. The molecular formula is C14H23IN4O2S. The van der Waals surface area contributed by atoms with Gasteiger partial charge < -0.3 is 10.6 Å². The average molecular weight is 438 g/mol. The van der Waals surface area contributed by atoms with Gasteiger partial charge in [0.15, 0.2) is 5.96 Å². The van der Waals surface area contributed by atoms with Gasteiger partial charge in [-0.05, 0) is 30.5 Å². The quantitative estimate of drug-likeness (QED) is 0.426. The maximum Gasteiger partial charge on any atom is 0.238 e. The van der Waals surface area contributed by atoms with Crippen LogP contribution in [0.15, 0.2) is 34.2 Å². The molecule has 8 heteroatoms. The van der Waals surface area contributed by atoms with Crippen LogP contribution in [0, 0.1) is 0 Å². The Morgan fingerprint density at radius 1 is 1.09 bits per heavy atom. The van der Waals surface area contributed by atoms with Crippen LogP contribution in [0.4, 0.5) is 0 Å². The van der Waals surface area contributed by atoms with Gasteiger partial charge in [-0.2, -0.15) is 0 Å². The van der Waals surface area contributed by atoms with Crippen LogP contribution in [0.3, 0.4) is 0 Å². The van der Waals surface area contributed by atoms with E-state index < -0.39 is 10.0 Å². The lowest BCUT2D eigenvalue weighted by Crippen LogP contribution is -2.38. The molecule has 0 atom stereocenters. The molecule has 0 amide bonds. The maximum atomic E-state index is 11.2. The fourth-order valence-corrected chi connectivity index (χ4v) is 2.87. The number of hydrogen-bond donors (Lipinski definition) is 2. The summed E-state index contributed by atoms with van der Waals surface area (Å²) in [6, 6.07) is 6.39. The number of rotatable bonds is 3. The number of halogens is 1. The maximum absolute atomic E-state index is 11.2. The van der Waals surface area contributed by atoms with Crippen molar-refractivity contribution < 1.29 is 8.42 Å². The second-order valence-electron chi connectivity index (χ2n) is 5.26. The van der Waals surface area contributed by atoms with Crippen molar-refractivity contribution in [3.05, 3.63) is 29.8 Å². The SMILES string of the molecule is I.NC(=NCc1ccc(S(N)(=O)=O)cc1)N1CCCCCC1. The average Bonchev–Trinajstić information content (AvgIpc) is 2.73. The minimum atomic E-state index is -3.64. The smallest absolute Gasteiger partial charge is 0.238 e. The normalized spacial score (nSPS) is 16.8. The summed E-state index contributed by atoms with van der Waals surface area (Å²) in [6.45, 7) is 2.35. The van der Waals surface area contributed by atoms with E-state index in [0.717, 1.165) is 31.5 Å². The first-order valence-electron chi connectivity index (χ1n) is 7.13.